The summed E-state index contributed by atoms with van der Waals surface area (Å²) in [6.07, 6.45) is 1.28. The lowest BCUT2D eigenvalue weighted by molar-refractivity contribution is 0.130. The van der Waals surface area contributed by atoms with E-state index in [0.717, 1.165) is 12.8 Å². The van der Waals surface area contributed by atoms with Gasteiger partial charge in [-0.1, -0.05) is 24.3 Å². The van der Waals surface area contributed by atoms with Crippen molar-refractivity contribution in [2.24, 2.45) is 5.73 Å². The molecule has 1 aromatic carbocycles. The van der Waals surface area contributed by atoms with Crippen molar-refractivity contribution < 1.29 is 10.1 Å². The Bertz CT molecular complexity index is 375. The molecule has 1 aliphatic rings. The van der Waals surface area contributed by atoms with Crippen molar-refractivity contribution in [3.63, 3.8) is 0 Å². The Labute approximate surface area is 109 Å². The van der Waals surface area contributed by atoms with Crippen LogP contribution in [-0.2, 0) is 12.8 Å². The summed E-state index contributed by atoms with van der Waals surface area (Å²) in [7, 11) is -0.564. The first-order valence-corrected chi connectivity index (χ1v) is 6.50. The Hall–Kier alpha value is -0.875. The summed E-state index contributed by atoms with van der Waals surface area (Å²) in [5, 5.41) is 19.5. The van der Waals surface area contributed by atoms with Gasteiger partial charge in [-0.3, -0.25) is 0 Å². The molecule has 1 atom stereocenters. The minimum Gasteiger partial charge on any atom is -0.437 e. The molecular weight excluding hydrogens is 227 g/mol. The zero-order chi connectivity index (χ0) is 13.1. The van der Waals surface area contributed by atoms with E-state index in [9.17, 15) is 10.1 Å². The molecule has 0 amide bonds. The molecule has 0 unspecified atom stereocenters. The fourth-order valence-corrected chi connectivity index (χ4v) is 2.69. The van der Waals surface area contributed by atoms with Crippen molar-refractivity contribution >= 4 is 7.05 Å². The van der Waals surface area contributed by atoms with Crippen molar-refractivity contribution in [1.82, 2.24) is 4.81 Å². The van der Waals surface area contributed by atoms with E-state index in [-0.39, 0.29) is 12.6 Å². The Morgan fingerprint density at radius 2 is 1.94 bits per heavy atom. The average molecular weight is 248 g/mol. The van der Waals surface area contributed by atoms with Crippen molar-refractivity contribution in [3.05, 3.63) is 35.4 Å². The van der Waals surface area contributed by atoms with E-state index in [2.05, 4.69) is 12.1 Å². The third-order valence-electron chi connectivity index (χ3n) is 3.67. The first-order chi connectivity index (χ1) is 8.61. The highest BCUT2D eigenvalue weighted by Crippen LogP contribution is 2.25. The van der Waals surface area contributed by atoms with Crippen LogP contribution < -0.4 is 5.73 Å². The molecule has 4 nitrogen and oxygen atoms in total. The quantitative estimate of drug-likeness (QED) is 0.636. The standard InChI is InChI=1S/C13H21BN2O2/c1-14(18)16(9-13(17)8-15)12-6-10-4-2-3-5-11(10)7-12/h2-5,12-13,17-18H,6-9,15H2,1H3/t13-/m0/s1. The van der Waals surface area contributed by atoms with Gasteiger partial charge in [-0.2, -0.15) is 0 Å². The van der Waals surface area contributed by atoms with Gasteiger partial charge in [-0.25, -0.2) is 0 Å². The molecule has 1 aliphatic carbocycles. The van der Waals surface area contributed by atoms with Gasteiger partial charge in [-0.15, -0.1) is 0 Å². The average Bonchev–Trinajstić information content (AvgIpc) is 2.78. The van der Waals surface area contributed by atoms with Crippen LogP contribution in [0.5, 0.6) is 0 Å². The number of nitrogens with zero attached hydrogens (tertiary/aromatic N) is 1. The van der Waals surface area contributed by atoms with E-state index in [1.807, 2.05) is 16.9 Å². The van der Waals surface area contributed by atoms with Gasteiger partial charge in [0.1, 0.15) is 0 Å². The largest absolute Gasteiger partial charge is 0.437 e. The van der Waals surface area contributed by atoms with Crippen LogP contribution >= 0.6 is 0 Å². The van der Waals surface area contributed by atoms with Crippen LogP contribution in [0.2, 0.25) is 6.82 Å². The van der Waals surface area contributed by atoms with Crippen LogP contribution in [0.15, 0.2) is 24.3 Å². The van der Waals surface area contributed by atoms with Crippen molar-refractivity contribution in [1.29, 1.82) is 0 Å². The van der Waals surface area contributed by atoms with Gasteiger partial charge in [-0.05, 0) is 30.8 Å². The van der Waals surface area contributed by atoms with Gasteiger partial charge in [0.05, 0.1) is 6.10 Å². The summed E-state index contributed by atoms with van der Waals surface area (Å²) in [4.78, 5) is 1.94. The van der Waals surface area contributed by atoms with E-state index in [4.69, 9.17) is 5.73 Å². The van der Waals surface area contributed by atoms with E-state index >= 15 is 0 Å². The molecule has 18 heavy (non-hydrogen) atoms. The monoisotopic (exact) mass is 248 g/mol. The summed E-state index contributed by atoms with van der Waals surface area (Å²) in [6.45, 7) is 2.39. The maximum absolute atomic E-state index is 9.87. The maximum Gasteiger partial charge on any atom is 0.376 e. The highest BCUT2D eigenvalue weighted by molar-refractivity contribution is 6.45. The molecule has 0 bridgehead atoms. The molecule has 5 heteroatoms. The first kappa shape index (κ1) is 13.6. The lowest BCUT2D eigenvalue weighted by Crippen LogP contribution is -2.50. The Kier molecular flexibility index (Phi) is 4.40. The molecule has 0 fully saturated rings. The molecular formula is C13H21BN2O2. The number of aliphatic hydroxyl groups excluding tert-OH is 1. The van der Waals surface area contributed by atoms with Crippen molar-refractivity contribution in [2.45, 2.75) is 31.8 Å². The third kappa shape index (κ3) is 2.92. The number of rotatable bonds is 5. The summed E-state index contributed by atoms with van der Waals surface area (Å²) >= 11 is 0. The molecule has 98 valence electrons. The Morgan fingerprint density at radius 3 is 2.39 bits per heavy atom. The molecule has 0 saturated heterocycles. The van der Waals surface area contributed by atoms with Gasteiger partial charge in [0, 0.05) is 19.1 Å². The predicted octanol–water partition coefficient (Wildman–Crippen LogP) is -0.114. The van der Waals surface area contributed by atoms with Crippen LogP contribution in [-0.4, -0.2) is 47.2 Å². The zero-order valence-corrected chi connectivity index (χ0v) is 10.8. The number of aliphatic hydroxyl groups is 1. The van der Waals surface area contributed by atoms with Crippen molar-refractivity contribution in [2.75, 3.05) is 13.1 Å². The molecule has 0 aromatic heterocycles. The van der Waals surface area contributed by atoms with E-state index < -0.39 is 13.2 Å². The summed E-state index contributed by atoms with van der Waals surface area (Å²) in [5.74, 6) is 0. The molecule has 0 heterocycles. The van der Waals surface area contributed by atoms with Crippen LogP contribution in [0, 0.1) is 0 Å². The highest BCUT2D eigenvalue weighted by atomic mass is 16.3. The lowest BCUT2D eigenvalue weighted by atomic mass is 9.82. The van der Waals surface area contributed by atoms with Gasteiger partial charge in [0.15, 0.2) is 0 Å². The smallest absolute Gasteiger partial charge is 0.376 e. The van der Waals surface area contributed by atoms with E-state index in [1.54, 1.807) is 6.82 Å². The second-order valence-electron chi connectivity index (χ2n) is 5.05. The van der Waals surface area contributed by atoms with Gasteiger partial charge in [0.25, 0.3) is 0 Å². The summed E-state index contributed by atoms with van der Waals surface area (Å²) in [6, 6.07) is 8.61. The topological polar surface area (TPSA) is 69.7 Å². The van der Waals surface area contributed by atoms with Crippen LogP contribution in [0.1, 0.15) is 11.1 Å². The second-order valence-corrected chi connectivity index (χ2v) is 5.05. The molecule has 4 N–H and O–H groups in total. The number of hydrogen-bond acceptors (Lipinski definition) is 4. The predicted molar refractivity (Wildman–Crippen MR) is 73.2 cm³/mol. The fraction of sp³-hybridized carbons (Fsp3) is 0.538. The number of nitrogens with two attached hydrogens (primary N) is 1. The van der Waals surface area contributed by atoms with Crippen LogP contribution in [0.3, 0.4) is 0 Å². The fourth-order valence-electron chi connectivity index (χ4n) is 2.69. The lowest BCUT2D eigenvalue weighted by Gasteiger charge is -2.31. The number of hydrogen-bond donors (Lipinski definition) is 3. The SMILES string of the molecule is CB(O)N(C[C@@H](O)CN)C1Cc2ccccc2C1. The Morgan fingerprint density at radius 1 is 1.39 bits per heavy atom. The normalized spacial score (nSPS) is 16.9. The third-order valence-corrected chi connectivity index (χ3v) is 3.67. The molecule has 0 spiro atoms. The van der Waals surface area contributed by atoms with Crippen LogP contribution in [0.25, 0.3) is 0 Å². The highest BCUT2D eigenvalue weighted by Gasteiger charge is 2.31. The summed E-state index contributed by atoms with van der Waals surface area (Å²) in [5.41, 5.74) is 8.13. The molecule has 0 aliphatic heterocycles. The van der Waals surface area contributed by atoms with Crippen LogP contribution in [0.4, 0.5) is 0 Å². The first-order valence-electron chi connectivity index (χ1n) is 6.50. The molecule has 2 rings (SSSR count). The minimum atomic E-state index is -0.580. The van der Waals surface area contributed by atoms with E-state index in [1.165, 1.54) is 11.1 Å². The number of fused-ring (bicyclic) bond motifs is 1. The van der Waals surface area contributed by atoms with Gasteiger partial charge < -0.3 is 20.7 Å². The summed E-state index contributed by atoms with van der Waals surface area (Å²) < 4.78 is 0. The maximum atomic E-state index is 9.87. The second kappa shape index (κ2) is 5.84. The van der Waals surface area contributed by atoms with E-state index in [0.29, 0.717) is 6.54 Å². The van der Waals surface area contributed by atoms with Crippen molar-refractivity contribution in [3.8, 4) is 0 Å². The molecule has 0 saturated carbocycles. The Balaban J connectivity index is 2.06. The molecule has 0 radical (unpaired) electrons. The molecule has 1 aromatic rings. The number of benzene rings is 1. The minimum absolute atomic E-state index is 0.225. The van der Waals surface area contributed by atoms with Gasteiger partial charge >= 0.3 is 7.05 Å². The van der Waals surface area contributed by atoms with Gasteiger partial charge in [0.2, 0.25) is 0 Å². The zero-order valence-electron chi connectivity index (χ0n) is 10.8.